The van der Waals surface area contributed by atoms with Gasteiger partial charge in [-0.1, -0.05) is 13.3 Å². The van der Waals surface area contributed by atoms with Crippen LogP contribution in [0.3, 0.4) is 0 Å². The molecule has 0 amide bonds. The van der Waals surface area contributed by atoms with Crippen molar-refractivity contribution < 1.29 is 43.6 Å². The SMILES string of the molecule is CCCCC(C)(N)O.O=P([O-])([O-])[O-].O=P([O-])([O-])[O-]. The summed E-state index contributed by atoms with van der Waals surface area (Å²) in [4.78, 5) is 51.3. The second kappa shape index (κ2) is 9.99. The monoisotopic (exact) mass is 307 g/mol. The van der Waals surface area contributed by atoms with Crippen molar-refractivity contribution in [2.45, 2.75) is 38.8 Å². The van der Waals surface area contributed by atoms with E-state index in [0.29, 0.717) is 6.42 Å². The lowest BCUT2D eigenvalue weighted by atomic mass is 10.1. The van der Waals surface area contributed by atoms with Gasteiger partial charge in [-0.25, -0.2) is 0 Å². The summed E-state index contributed by atoms with van der Waals surface area (Å²) in [6.45, 7) is 3.70. The van der Waals surface area contributed by atoms with Crippen LogP contribution in [0.4, 0.5) is 0 Å². The molecule has 18 heavy (non-hydrogen) atoms. The van der Waals surface area contributed by atoms with Gasteiger partial charge in [-0.3, -0.25) is 0 Å². The standard InChI is InChI=1S/C6H15NO.2H3O4P/c1-3-4-5-6(2,7)8;2*1-5(2,3)4/h8H,3-5,7H2,1-2H3;2*(H3,1,2,3,4)/p-6. The van der Waals surface area contributed by atoms with Crippen LogP contribution in [-0.2, 0) is 9.13 Å². The van der Waals surface area contributed by atoms with E-state index in [9.17, 15) is 0 Å². The van der Waals surface area contributed by atoms with E-state index in [2.05, 4.69) is 6.92 Å². The Morgan fingerprint density at radius 2 is 1.28 bits per heavy atom. The Morgan fingerprint density at radius 1 is 1.06 bits per heavy atom. The molecule has 0 spiro atoms. The van der Waals surface area contributed by atoms with Crippen LogP contribution in [0.25, 0.3) is 0 Å². The highest BCUT2D eigenvalue weighted by Gasteiger charge is 2.10. The quantitative estimate of drug-likeness (QED) is 0.374. The van der Waals surface area contributed by atoms with Crippen molar-refractivity contribution >= 4 is 15.6 Å². The number of unbranched alkanes of at least 4 members (excludes halogenated alkanes) is 1. The second-order valence-corrected chi connectivity index (χ2v) is 5.14. The molecule has 10 nitrogen and oxygen atoms in total. The van der Waals surface area contributed by atoms with Crippen molar-refractivity contribution in [3.8, 4) is 0 Å². The molecule has 0 aliphatic heterocycles. The third-order valence-electron chi connectivity index (χ3n) is 1.04. The van der Waals surface area contributed by atoms with Crippen molar-refractivity contribution in [2.75, 3.05) is 0 Å². The highest BCUT2D eigenvalue weighted by molar-refractivity contribution is 7.40. The van der Waals surface area contributed by atoms with Crippen LogP contribution in [0.5, 0.6) is 0 Å². The van der Waals surface area contributed by atoms with E-state index in [1.807, 2.05) is 0 Å². The van der Waals surface area contributed by atoms with Crippen molar-refractivity contribution in [2.24, 2.45) is 5.73 Å². The first-order valence-electron chi connectivity index (χ1n) is 4.53. The fourth-order valence-electron chi connectivity index (χ4n) is 0.535. The van der Waals surface area contributed by atoms with E-state index in [-0.39, 0.29) is 0 Å². The number of nitrogens with two attached hydrogens (primary N) is 1. The summed E-state index contributed by atoms with van der Waals surface area (Å²) in [5.41, 5.74) is 4.33. The normalized spacial score (nSPS) is 14.6. The van der Waals surface area contributed by atoms with Gasteiger partial charge in [-0.2, -0.15) is 15.6 Å². The summed E-state index contributed by atoms with van der Waals surface area (Å²) >= 11 is 0. The zero-order valence-corrected chi connectivity index (χ0v) is 11.6. The van der Waals surface area contributed by atoms with E-state index in [1.54, 1.807) is 6.92 Å². The minimum atomic E-state index is -5.39. The summed E-state index contributed by atoms with van der Waals surface area (Å²) < 4.78 is 17.1. The zero-order valence-electron chi connectivity index (χ0n) is 9.81. The molecule has 3 N–H and O–H groups in total. The predicted molar refractivity (Wildman–Crippen MR) is 49.5 cm³/mol. The molecule has 0 fully saturated rings. The molecule has 0 rings (SSSR count). The van der Waals surface area contributed by atoms with Crippen LogP contribution < -0.4 is 35.1 Å². The lowest BCUT2D eigenvalue weighted by Gasteiger charge is -2.36. The number of phosphoric acid groups is 2. The first kappa shape index (κ1) is 23.2. The maximum Gasteiger partial charge on any atom is 0.110 e. The molecule has 0 aliphatic rings. The Balaban J connectivity index is -0.000000197. The van der Waals surface area contributed by atoms with E-state index in [0.717, 1.165) is 12.8 Å². The lowest BCUT2D eigenvalue weighted by Crippen LogP contribution is -2.35. The van der Waals surface area contributed by atoms with Crippen LogP contribution in [0.1, 0.15) is 33.1 Å². The number of aliphatic hydroxyl groups is 1. The maximum atomic E-state index is 8.93. The Kier molecular flexibility index (Phi) is 12.9. The van der Waals surface area contributed by atoms with E-state index in [4.69, 9.17) is 49.3 Å². The smallest absolute Gasteiger partial charge is 0.110 e. The summed E-state index contributed by atoms with van der Waals surface area (Å²) in [5.74, 6) is 0. The maximum absolute atomic E-state index is 8.93. The number of hydrogen-bond donors (Lipinski definition) is 2. The Labute approximate surface area is 105 Å². The van der Waals surface area contributed by atoms with Gasteiger partial charge >= 0.3 is 0 Å². The largest absolute Gasteiger partial charge is 0.822 e. The summed E-state index contributed by atoms with van der Waals surface area (Å²) in [6.07, 6.45) is 2.79. The molecule has 0 saturated carbocycles. The Bertz CT molecular complexity index is 241. The highest BCUT2D eigenvalue weighted by Crippen LogP contribution is 2.05. The zero-order chi connectivity index (χ0) is 15.6. The molecule has 0 bridgehead atoms. The van der Waals surface area contributed by atoms with Crippen molar-refractivity contribution in [3.63, 3.8) is 0 Å². The average molecular weight is 307 g/mol. The first-order chi connectivity index (χ1) is 7.56. The Morgan fingerprint density at radius 3 is 1.33 bits per heavy atom. The molecule has 0 aromatic heterocycles. The topological polar surface area (TPSA) is 219 Å². The molecule has 0 aromatic rings. The molecule has 1 atom stereocenters. The highest BCUT2D eigenvalue weighted by atomic mass is 31.2. The van der Waals surface area contributed by atoms with Gasteiger partial charge in [-0.15, -0.1) is 0 Å². The van der Waals surface area contributed by atoms with Crippen molar-refractivity contribution in [1.29, 1.82) is 0 Å². The fourth-order valence-corrected chi connectivity index (χ4v) is 0.535. The summed E-state index contributed by atoms with van der Waals surface area (Å²) in [6, 6.07) is 0. The van der Waals surface area contributed by atoms with Crippen molar-refractivity contribution in [1.82, 2.24) is 0 Å². The predicted octanol–water partition coefficient (Wildman–Crippen LogP) is -4.81. The second-order valence-electron chi connectivity index (χ2n) is 3.36. The molecular weight excluding hydrogens is 292 g/mol. The molecule has 0 heterocycles. The molecule has 12 heteroatoms. The number of hydrogen-bond acceptors (Lipinski definition) is 10. The van der Waals surface area contributed by atoms with E-state index < -0.39 is 21.4 Å². The third kappa shape index (κ3) is 140. The average Bonchev–Trinajstić information content (AvgIpc) is 1.92. The number of rotatable bonds is 3. The van der Waals surface area contributed by atoms with E-state index in [1.165, 1.54) is 0 Å². The van der Waals surface area contributed by atoms with Gasteiger partial charge in [0.1, 0.15) is 5.72 Å². The lowest BCUT2D eigenvalue weighted by molar-refractivity contribution is -0.434. The van der Waals surface area contributed by atoms with Crippen LogP contribution in [0.15, 0.2) is 0 Å². The van der Waals surface area contributed by atoms with Crippen LogP contribution in [0.2, 0.25) is 0 Å². The molecule has 1 unspecified atom stereocenters. The molecule has 0 saturated heterocycles. The molecule has 0 aromatic carbocycles. The van der Waals surface area contributed by atoms with Gasteiger partial charge in [0.2, 0.25) is 0 Å². The van der Waals surface area contributed by atoms with Crippen molar-refractivity contribution in [3.05, 3.63) is 0 Å². The van der Waals surface area contributed by atoms with Gasteiger partial charge < -0.3 is 49.3 Å². The Hall–Kier alpha value is 0.140. The third-order valence-corrected chi connectivity index (χ3v) is 1.04. The minimum absolute atomic E-state index is 0.698. The van der Waals surface area contributed by atoms with Gasteiger partial charge in [0.15, 0.2) is 0 Å². The van der Waals surface area contributed by atoms with Crippen LogP contribution in [-0.4, -0.2) is 10.8 Å². The van der Waals surface area contributed by atoms with Gasteiger partial charge in [0.25, 0.3) is 0 Å². The molecular formula is C6H15NO9P2-6. The van der Waals surface area contributed by atoms with Gasteiger partial charge in [0, 0.05) is 0 Å². The first-order valence-corrected chi connectivity index (χ1v) is 7.45. The van der Waals surface area contributed by atoms with Crippen LogP contribution in [0, 0.1) is 0 Å². The molecule has 0 aliphatic carbocycles. The summed E-state index contributed by atoms with van der Waals surface area (Å²) in [5, 5.41) is 8.93. The minimum Gasteiger partial charge on any atom is -0.822 e. The molecule has 114 valence electrons. The summed E-state index contributed by atoms with van der Waals surface area (Å²) in [7, 11) is -10.8. The van der Waals surface area contributed by atoms with Crippen LogP contribution >= 0.6 is 15.6 Å². The fraction of sp³-hybridized carbons (Fsp3) is 1.00. The van der Waals surface area contributed by atoms with Gasteiger partial charge in [0.05, 0.1) is 0 Å². The van der Waals surface area contributed by atoms with Gasteiger partial charge in [-0.05, 0) is 19.8 Å². The molecule has 0 radical (unpaired) electrons. The van der Waals surface area contributed by atoms with E-state index >= 15 is 0 Å².